The van der Waals surface area contributed by atoms with E-state index in [0.29, 0.717) is 29.4 Å². The highest BCUT2D eigenvalue weighted by atomic mass is 35.5. The second kappa shape index (κ2) is 6.43. The smallest absolute Gasteiger partial charge is 0.243 e. The van der Waals surface area contributed by atoms with E-state index in [1.165, 1.54) is 10.4 Å². The summed E-state index contributed by atoms with van der Waals surface area (Å²) in [6, 6.07) is 8.30. The number of rotatable bonds is 4. The average Bonchev–Trinajstić information content (AvgIpc) is 3.00. The summed E-state index contributed by atoms with van der Waals surface area (Å²) in [6.45, 7) is 2.44. The molecule has 122 valence electrons. The van der Waals surface area contributed by atoms with Gasteiger partial charge in [-0.25, -0.2) is 8.42 Å². The lowest BCUT2D eigenvalue weighted by atomic mass is 10.2. The lowest BCUT2D eigenvalue weighted by molar-refractivity contribution is 0.204. The molecule has 1 aromatic carbocycles. The fourth-order valence-corrected chi connectivity index (χ4v) is 4.50. The minimum Gasteiger partial charge on any atom is -0.472 e. The molecule has 1 aliphatic rings. The highest BCUT2D eigenvalue weighted by Crippen LogP contribution is 2.27. The molecule has 1 saturated heterocycles. The van der Waals surface area contributed by atoms with E-state index in [9.17, 15) is 8.42 Å². The number of aryl methyl sites for hydroxylation is 1. The summed E-state index contributed by atoms with van der Waals surface area (Å²) in [5, 5.41) is 8.00. The topological polar surface area (TPSA) is 72.4 Å². The van der Waals surface area contributed by atoms with Crippen molar-refractivity contribution in [2.75, 3.05) is 13.1 Å². The molecule has 1 unspecified atom stereocenters. The second-order valence-electron chi connectivity index (χ2n) is 5.36. The molecule has 0 N–H and O–H groups in total. The Labute approximate surface area is 140 Å². The van der Waals surface area contributed by atoms with Crippen LogP contribution >= 0.6 is 11.6 Å². The van der Waals surface area contributed by atoms with Gasteiger partial charge < -0.3 is 4.74 Å². The second-order valence-corrected chi connectivity index (χ2v) is 7.71. The summed E-state index contributed by atoms with van der Waals surface area (Å²) >= 11 is 5.94. The minimum atomic E-state index is -3.58. The molecule has 0 radical (unpaired) electrons. The maximum Gasteiger partial charge on any atom is 0.243 e. The van der Waals surface area contributed by atoms with Crippen LogP contribution in [0.15, 0.2) is 41.4 Å². The van der Waals surface area contributed by atoms with Crippen molar-refractivity contribution < 1.29 is 13.2 Å². The van der Waals surface area contributed by atoms with Crippen LogP contribution < -0.4 is 4.74 Å². The molecule has 1 fully saturated rings. The molecule has 1 aliphatic heterocycles. The van der Waals surface area contributed by atoms with Crippen LogP contribution in [0.25, 0.3) is 0 Å². The fourth-order valence-electron chi connectivity index (χ4n) is 2.52. The standard InChI is InChI=1S/C15H16ClN3O3S/c1-11-4-5-12(16)9-14(11)23(20,21)19-8-6-13(10-19)22-15-3-2-7-17-18-15/h2-5,7,9,13H,6,8,10H2,1H3. The van der Waals surface area contributed by atoms with Crippen molar-refractivity contribution in [1.82, 2.24) is 14.5 Å². The fraction of sp³-hybridized carbons (Fsp3) is 0.333. The SMILES string of the molecule is Cc1ccc(Cl)cc1S(=O)(=O)N1CCC(Oc2cccnn2)C1. The van der Waals surface area contributed by atoms with Gasteiger partial charge in [0.2, 0.25) is 15.9 Å². The molecule has 0 amide bonds. The van der Waals surface area contributed by atoms with Gasteiger partial charge in [0.1, 0.15) is 6.10 Å². The van der Waals surface area contributed by atoms with Crippen LogP contribution in [-0.4, -0.2) is 42.1 Å². The van der Waals surface area contributed by atoms with Gasteiger partial charge in [0, 0.05) is 23.8 Å². The van der Waals surface area contributed by atoms with Gasteiger partial charge in [0.25, 0.3) is 0 Å². The van der Waals surface area contributed by atoms with E-state index in [-0.39, 0.29) is 17.5 Å². The average molecular weight is 354 g/mol. The summed E-state index contributed by atoms with van der Waals surface area (Å²) in [4.78, 5) is 0.241. The van der Waals surface area contributed by atoms with Gasteiger partial charge in [0.15, 0.2) is 0 Å². The van der Waals surface area contributed by atoms with Crippen LogP contribution in [0.1, 0.15) is 12.0 Å². The van der Waals surface area contributed by atoms with E-state index in [1.54, 1.807) is 37.4 Å². The Morgan fingerprint density at radius 3 is 2.91 bits per heavy atom. The van der Waals surface area contributed by atoms with Gasteiger partial charge in [-0.2, -0.15) is 9.40 Å². The van der Waals surface area contributed by atoms with Crippen molar-refractivity contribution in [1.29, 1.82) is 0 Å². The third-order valence-electron chi connectivity index (χ3n) is 3.71. The minimum absolute atomic E-state index is 0.235. The first-order chi connectivity index (χ1) is 11.0. The first-order valence-corrected chi connectivity index (χ1v) is 8.99. The molecule has 8 heteroatoms. The van der Waals surface area contributed by atoms with Crippen LogP contribution in [0.3, 0.4) is 0 Å². The number of halogens is 1. The maximum atomic E-state index is 12.8. The Morgan fingerprint density at radius 1 is 1.35 bits per heavy atom. The largest absolute Gasteiger partial charge is 0.472 e. The van der Waals surface area contributed by atoms with Crippen LogP contribution in [0, 0.1) is 6.92 Å². The van der Waals surface area contributed by atoms with Crippen LogP contribution in [0.4, 0.5) is 0 Å². The maximum absolute atomic E-state index is 12.8. The van der Waals surface area contributed by atoms with E-state index in [1.807, 2.05) is 0 Å². The van der Waals surface area contributed by atoms with Crippen LogP contribution in [-0.2, 0) is 10.0 Å². The van der Waals surface area contributed by atoms with E-state index >= 15 is 0 Å². The Bertz CT molecular complexity index is 799. The third kappa shape index (κ3) is 3.46. The van der Waals surface area contributed by atoms with Crippen molar-refractivity contribution in [2.45, 2.75) is 24.3 Å². The molecular weight excluding hydrogens is 338 g/mol. The third-order valence-corrected chi connectivity index (χ3v) is 5.95. The Kier molecular flexibility index (Phi) is 4.52. The zero-order chi connectivity index (χ0) is 16.4. The zero-order valence-corrected chi connectivity index (χ0v) is 14.1. The van der Waals surface area contributed by atoms with Crippen molar-refractivity contribution in [3.63, 3.8) is 0 Å². The number of nitrogens with zero attached hydrogens (tertiary/aromatic N) is 3. The zero-order valence-electron chi connectivity index (χ0n) is 12.5. The number of aromatic nitrogens is 2. The van der Waals surface area contributed by atoms with Crippen LogP contribution in [0.2, 0.25) is 5.02 Å². The van der Waals surface area contributed by atoms with Crippen molar-refractivity contribution in [3.8, 4) is 5.88 Å². The van der Waals surface area contributed by atoms with E-state index in [2.05, 4.69) is 10.2 Å². The van der Waals surface area contributed by atoms with Gasteiger partial charge in [-0.3, -0.25) is 0 Å². The van der Waals surface area contributed by atoms with Gasteiger partial charge >= 0.3 is 0 Å². The summed E-state index contributed by atoms with van der Waals surface area (Å²) < 4.78 is 32.7. The van der Waals surface area contributed by atoms with E-state index in [0.717, 1.165) is 0 Å². The molecule has 3 rings (SSSR count). The summed E-state index contributed by atoms with van der Waals surface area (Å²) in [5.74, 6) is 0.399. The molecule has 0 aliphatic carbocycles. The van der Waals surface area contributed by atoms with Crippen molar-refractivity contribution in [2.24, 2.45) is 0 Å². The summed E-state index contributed by atoms with van der Waals surface area (Å²) in [5.41, 5.74) is 0.674. The summed E-state index contributed by atoms with van der Waals surface area (Å²) in [7, 11) is -3.58. The predicted octanol–water partition coefficient (Wildman–Crippen LogP) is 2.28. The Morgan fingerprint density at radius 2 is 2.17 bits per heavy atom. The molecular formula is C15H16ClN3O3S. The summed E-state index contributed by atoms with van der Waals surface area (Å²) in [6.07, 6.45) is 1.93. The first kappa shape index (κ1) is 16.2. The van der Waals surface area contributed by atoms with E-state index in [4.69, 9.17) is 16.3 Å². The van der Waals surface area contributed by atoms with Crippen LogP contribution in [0.5, 0.6) is 5.88 Å². The van der Waals surface area contributed by atoms with E-state index < -0.39 is 10.0 Å². The number of benzene rings is 1. The highest BCUT2D eigenvalue weighted by molar-refractivity contribution is 7.89. The van der Waals surface area contributed by atoms with Gasteiger partial charge in [-0.15, -0.1) is 5.10 Å². The monoisotopic (exact) mass is 353 g/mol. The lowest BCUT2D eigenvalue weighted by Gasteiger charge is -2.18. The number of ether oxygens (including phenoxy) is 1. The molecule has 0 bridgehead atoms. The molecule has 0 saturated carbocycles. The van der Waals surface area contributed by atoms with Crippen molar-refractivity contribution >= 4 is 21.6 Å². The number of hydrogen-bond acceptors (Lipinski definition) is 5. The number of sulfonamides is 1. The molecule has 0 spiro atoms. The quantitative estimate of drug-likeness (QED) is 0.843. The molecule has 23 heavy (non-hydrogen) atoms. The highest BCUT2D eigenvalue weighted by Gasteiger charge is 2.34. The van der Waals surface area contributed by atoms with Gasteiger partial charge in [-0.1, -0.05) is 17.7 Å². The predicted molar refractivity (Wildman–Crippen MR) is 86.0 cm³/mol. The Hall–Kier alpha value is -1.70. The number of hydrogen-bond donors (Lipinski definition) is 0. The van der Waals surface area contributed by atoms with Crippen molar-refractivity contribution in [3.05, 3.63) is 47.1 Å². The molecule has 1 atom stereocenters. The molecule has 1 aromatic heterocycles. The molecule has 6 nitrogen and oxygen atoms in total. The molecule has 2 heterocycles. The Balaban J connectivity index is 1.76. The first-order valence-electron chi connectivity index (χ1n) is 7.17. The normalized spacial score (nSPS) is 19.0. The lowest BCUT2D eigenvalue weighted by Crippen LogP contribution is -2.31. The van der Waals surface area contributed by atoms with Gasteiger partial charge in [-0.05, 0) is 37.1 Å². The van der Waals surface area contributed by atoms with Gasteiger partial charge in [0.05, 0.1) is 11.4 Å². The molecule has 2 aromatic rings.